The Bertz CT molecular complexity index is 698. The fraction of sp³-hybridized carbons (Fsp3) is 0.375. The Morgan fingerprint density at radius 2 is 2.45 bits per heavy atom. The molecule has 1 fully saturated rings. The second kappa shape index (κ2) is 6.40. The highest BCUT2D eigenvalue weighted by molar-refractivity contribution is 6.31. The van der Waals surface area contributed by atoms with Crippen LogP contribution in [0.2, 0.25) is 5.02 Å². The van der Waals surface area contributed by atoms with Crippen molar-refractivity contribution in [2.75, 3.05) is 24.5 Å². The van der Waals surface area contributed by atoms with Crippen molar-refractivity contribution in [3.63, 3.8) is 0 Å². The van der Waals surface area contributed by atoms with Crippen LogP contribution >= 0.6 is 11.6 Å². The zero-order valence-electron chi connectivity index (χ0n) is 12.2. The first-order chi connectivity index (χ1) is 10.7. The molecule has 1 saturated heterocycles. The lowest BCUT2D eigenvalue weighted by molar-refractivity contribution is -0.125. The number of amides is 1. The van der Waals surface area contributed by atoms with E-state index in [1.165, 1.54) is 0 Å². The Labute approximate surface area is 133 Å². The number of piperidine rings is 1. The van der Waals surface area contributed by atoms with Crippen LogP contribution in [-0.4, -0.2) is 30.5 Å². The standard InChI is InChI=1S/C16H18ClN3O2/c1-2-7-18-15(21)11-4-3-8-20(10-11)16-19-13-9-12(17)5-6-14(13)22-16/h2,5-6,9,11H,1,3-4,7-8,10H2,(H,18,21). The smallest absolute Gasteiger partial charge is 0.298 e. The van der Waals surface area contributed by atoms with Gasteiger partial charge in [-0.3, -0.25) is 4.79 Å². The van der Waals surface area contributed by atoms with Crippen LogP contribution in [0.3, 0.4) is 0 Å². The van der Waals surface area contributed by atoms with Gasteiger partial charge in [-0.1, -0.05) is 17.7 Å². The number of carbonyl (C=O) groups is 1. The fourth-order valence-corrected chi connectivity index (χ4v) is 2.87. The lowest BCUT2D eigenvalue weighted by atomic mass is 9.97. The first kappa shape index (κ1) is 14.9. The van der Waals surface area contributed by atoms with Crippen LogP contribution in [0.1, 0.15) is 12.8 Å². The third-order valence-electron chi connectivity index (χ3n) is 3.82. The lowest BCUT2D eigenvalue weighted by Crippen LogP contribution is -2.43. The van der Waals surface area contributed by atoms with Gasteiger partial charge in [-0.05, 0) is 31.0 Å². The number of aromatic nitrogens is 1. The van der Waals surface area contributed by atoms with E-state index in [0.29, 0.717) is 29.7 Å². The van der Waals surface area contributed by atoms with Crippen LogP contribution in [0.15, 0.2) is 35.3 Å². The summed E-state index contributed by atoms with van der Waals surface area (Å²) in [7, 11) is 0. The molecular formula is C16H18ClN3O2. The maximum atomic E-state index is 12.1. The molecule has 1 atom stereocenters. The van der Waals surface area contributed by atoms with E-state index in [-0.39, 0.29) is 11.8 Å². The van der Waals surface area contributed by atoms with Gasteiger partial charge in [0.15, 0.2) is 5.58 Å². The lowest BCUT2D eigenvalue weighted by Gasteiger charge is -2.30. The fourth-order valence-electron chi connectivity index (χ4n) is 2.71. The molecule has 5 nitrogen and oxygen atoms in total. The predicted molar refractivity (Wildman–Crippen MR) is 87.2 cm³/mol. The average molecular weight is 320 g/mol. The number of rotatable bonds is 4. The molecule has 0 spiro atoms. The van der Waals surface area contributed by atoms with Gasteiger partial charge in [-0.15, -0.1) is 6.58 Å². The monoisotopic (exact) mass is 319 g/mol. The van der Waals surface area contributed by atoms with Crippen molar-refractivity contribution in [3.8, 4) is 0 Å². The van der Waals surface area contributed by atoms with E-state index in [1.54, 1.807) is 18.2 Å². The van der Waals surface area contributed by atoms with Crippen LogP contribution in [0.4, 0.5) is 6.01 Å². The second-order valence-corrected chi connectivity index (χ2v) is 5.86. The largest absolute Gasteiger partial charge is 0.423 e. The summed E-state index contributed by atoms with van der Waals surface area (Å²) in [5, 5.41) is 3.49. The Hall–Kier alpha value is -2.01. The summed E-state index contributed by atoms with van der Waals surface area (Å²) in [6, 6.07) is 5.92. The Morgan fingerprint density at radius 1 is 1.59 bits per heavy atom. The number of hydrogen-bond donors (Lipinski definition) is 1. The molecule has 0 saturated carbocycles. The summed E-state index contributed by atoms with van der Waals surface area (Å²) < 4.78 is 5.78. The van der Waals surface area contributed by atoms with Crippen LogP contribution in [0.25, 0.3) is 11.1 Å². The highest BCUT2D eigenvalue weighted by Gasteiger charge is 2.27. The minimum absolute atomic E-state index is 0.0488. The Balaban J connectivity index is 1.75. The Morgan fingerprint density at radius 3 is 3.27 bits per heavy atom. The summed E-state index contributed by atoms with van der Waals surface area (Å²) in [5.41, 5.74) is 1.44. The molecule has 0 bridgehead atoms. The number of hydrogen-bond acceptors (Lipinski definition) is 4. The van der Waals surface area contributed by atoms with Crippen LogP contribution in [-0.2, 0) is 4.79 Å². The predicted octanol–water partition coefficient (Wildman–Crippen LogP) is 3.00. The summed E-state index contributed by atoms with van der Waals surface area (Å²) in [5.74, 6) is 0.0102. The molecule has 1 N–H and O–H groups in total. The summed E-state index contributed by atoms with van der Waals surface area (Å²) in [6.07, 6.45) is 3.50. The van der Waals surface area contributed by atoms with Gasteiger partial charge in [-0.2, -0.15) is 4.98 Å². The number of halogens is 1. The molecule has 1 aromatic heterocycles. The van der Waals surface area contributed by atoms with Gasteiger partial charge in [0.1, 0.15) is 5.52 Å². The van der Waals surface area contributed by atoms with E-state index in [0.717, 1.165) is 24.9 Å². The third-order valence-corrected chi connectivity index (χ3v) is 4.06. The van der Waals surface area contributed by atoms with E-state index in [1.807, 2.05) is 11.0 Å². The molecule has 1 aliphatic heterocycles. The van der Waals surface area contributed by atoms with Crippen molar-refractivity contribution in [1.29, 1.82) is 0 Å². The minimum atomic E-state index is -0.0488. The zero-order chi connectivity index (χ0) is 15.5. The van der Waals surface area contributed by atoms with Gasteiger partial charge >= 0.3 is 0 Å². The van der Waals surface area contributed by atoms with Gasteiger partial charge in [0.2, 0.25) is 5.91 Å². The van der Waals surface area contributed by atoms with Crippen LogP contribution in [0, 0.1) is 5.92 Å². The zero-order valence-corrected chi connectivity index (χ0v) is 13.0. The summed E-state index contributed by atoms with van der Waals surface area (Å²) in [4.78, 5) is 18.6. The average Bonchev–Trinajstić information content (AvgIpc) is 2.95. The van der Waals surface area contributed by atoms with E-state index in [4.69, 9.17) is 16.0 Å². The molecule has 3 rings (SSSR count). The first-order valence-electron chi connectivity index (χ1n) is 7.37. The molecule has 22 heavy (non-hydrogen) atoms. The number of nitrogens with one attached hydrogen (secondary N) is 1. The number of benzene rings is 1. The number of carbonyl (C=O) groups excluding carboxylic acids is 1. The van der Waals surface area contributed by atoms with E-state index < -0.39 is 0 Å². The van der Waals surface area contributed by atoms with Gasteiger partial charge < -0.3 is 14.6 Å². The van der Waals surface area contributed by atoms with Crippen molar-refractivity contribution in [2.24, 2.45) is 5.92 Å². The van der Waals surface area contributed by atoms with Crippen LogP contribution < -0.4 is 10.2 Å². The highest BCUT2D eigenvalue weighted by atomic mass is 35.5. The molecule has 1 unspecified atom stereocenters. The molecule has 2 aromatic rings. The molecule has 6 heteroatoms. The van der Waals surface area contributed by atoms with Gasteiger partial charge in [0, 0.05) is 24.7 Å². The molecule has 1 aliphatic rings. The van der Waals surface area contributed by atoms with E-state index >= 15 is 0 Å². The minimum Gasteiger partial charge on any atom is -0.423 e. The van der Waals surface area contributed by atoms with Crippen molar-refractivity contribution in [2.45, 2.75) is 12.8 Å². The number of oxazole rings is 1. The van der Waals surface area contributed by atoms with Crippen molar-refractivity contribution in [3.05, 3.63) is 35.9 Å². The molecule has 0 aliphatic carbocycles. The Kier molecular flexibility index (Phi) is 4.34. The molecule has 116 valence electrons. The SMILES string of the molecule is C=CCNC(=O)C1CCCN(c2nc3cc(Cl)ccc3o2)C1. The number of fused-ring (bicyclic) bond motifs is 1. The maximum absolute atomic E-state index is 12.1. The number of nitrogens with zero attached hydrogens (tertiary/aromatic N) is 2. The molecule has 1 amide bonds. The van der Waals surface area contributed by atoms with Crippen molar-refractivity contribution in [1.82, 2.24) is 10.3 Å². The molecule has 0 radical (unpaired) electrons. The molecular weight excluding hydrogens is 302 g/mol. The van der Waals surface area contributed by atoms with Gasteiger partial charge in [0.25, 0.3) is 6.01 Å². The van der Waals surface area contributed by atoms with Crippen molar-refractivity contribution >= 4 is 34.6 Å². The second-order valence-electron chi connectivity index (χ2n) is 5.43. The topological polar surface area (TPSA) is 58.4 Å². The third kappa shape index (κ3) is 3.09. The van der Waals surface area contributed by atoms with E-state index in [9.17, 15) is 4.79 Å². The van der Waals surface area contributed by atoms with Gasteiger partial charge in [-0.25, -0.2) is 0 Å². The molecule has 1 aromatic carbocycles. The number of anilines is 1. The normalized spacial score (nSPS) is 18.4. The van der Waals surface area contributed by atoms with Gasteiger partial charge in [0.05, 0.1) is 5.92 Å². The first-order valence-corrected chi connectivity index (χ1v) is 7.75. The summed E-state index contributed by atoms with van der Waals surface area (Å²) >= 11 is 5.97. The highest BCUT2D eigenvalue weighted by Crippen LogP contribution is 2.27. The molecule has 2 heterocycles. The summed E-state index contributed by atoms with van der Waals surface area (Å²) in [6.45, 7) is 5.56. The van der Waals surface area contributed by atoms with Crippen LogP contribution in [0.5, 0.6) is 0 Å². The maximum Gasteiger partial charge on any atom is 0.298 e. The quantitative estimate of drug-likeness (QED) is 0.880. The van der Waals surface area contributed by atoms with Crippen molar-refractivity contribution < 1.29 is 9.21 Å². The van der Waals surface area contributed by atoms with E-state index in [2.05, 4.69) is 16.9 Å².